The van der Waals surface area contributed by atoms with Gasteiger partial charge in [0, 0.05) is 17.9 Å². The van der Waals surface area contributed by atoms with E-state index in [9.17, 15) is 18.0 Å². The first-order chi connectivity index (χ1) is 15.4. The van der Waals surface area contributed by atoms with Crippen LogP contribution in [0.2, 0.25) is 0 Å². The lowest BCUT2D eigenvalue weighted by atomic mass is 10.0. The quantitative estimate of drug-likeness (QED) is 0.591. The summed E-state index contributed by atoms with van der Waals surface area (Å²) in [4.78, 5) is 25.2. The molecule has 1 fully saturated rings. The van der Waals surface area contributed by atoms with E-state index in [0.717, 1.165) is 6.42 Å². The van der Waals surface area contributed by atoms with Gasteiger partial charge in [0.05, 0.1) is 11.2 Å². The number of piperidine rings is 1. The van der Waals surface area contributed by atoms with Gasteiger partial charge in [-0.2, -0.15) is 4.31 Å². The molecular weight excluding hydrogens is 430 g/mol. The molecule has 1 unspecified atom stereocenters. The van der Waals surface area contributed by atoms with Gasteiger partial charge in [0.2, 0.25) is 15.9 Å². The summed E-state index contributed by atoms with van der Waals surface area (Å²) in [5, 5.41) is 5.50. The third-order valence-electron chi connectivity index (χ3n) is 5.26. The predicted octanol–water partition coefficient (Wildman–Crippen LogP) is 3.71. The number of rotatable bonds is 6. The van der Waals surface area contributed by atoms with Crippen molar-refractivity contribution in [3.8, 4) is 0 Å². The topological polar surface area (TPSA) is 109 Å². The number of carbonyl (C=O) groups excluding carboxylic acids is 2. The Balaban J connectivity index is 1.44. The highest BCUT2D eigenvalue weighted by molar-refractivity contribution is 7.89. The molecule has 2 aromatic carbocycles. The second-order valence-corrected chi connectivity index (χ2v) is 9.33. The molecule has 1 atom stereocenters. The van der Waals surface area contributed by atoms with Crippen LogP contribution in [-0.2, 0) is 14.8 Å². The van der Waals surface area contributed by atoms with Gasteiger partial charge in [0.1, 0.15) is 6.04 Å². The number of benzene rings is 2. The summed E-state index contributed by atoms with van der Waals surface area (Å²) in [6, 6.07) is 17.1. The Kier molecular flexibility index (Phi) is 6.38. The number of amides is 2. The number of hydrogen-bond acceptors (Lipinski definition) is 5. The summed E-state index contributed by atoms with van der Waals surface area (Å²) in [6.45, 7) is 0.299. The molecule has 1 aliphatic rings. The molecule has 4 rings (SSSR count). The minimum absolute atomic E-state index is 0.177. The van der Waals surface area contributed by atoms with Crippen molar-refractivity contribution in [3.05, 3.63) is 78.8 Å². The maximum atomic E-state index is 13.1. The van der Waals surface area contributed by atoms with Gasteiger partial charge in [-0.25, -0.2) is 8.42 Å². The van der Waals surface area contributed by atoms with Gasteiger partial charge in [-0.05, 0) is 61.4 Å². The molecule has 1 aliphatic heterocycles. The largest absolute Gasteiger partial charge is 0.459 e. The maximum Gasteiger partial charge on any atom is 0.291 e. The van der Waals surface area contributed by atoms with Crippen molar-refractivity contribution in [2.45, 2.75) is 30.2 Å². The minimum atomic E-state index is -3.77. The molecular formula is C23H23N3O5S. The smallest absolute Gasteiger partial charge is 0.291 e. The number of furan rings is 1. The number of nitrogens with one attached hydrogen (secondary N) is 2. The Morgan fingerprint density at radius 2 is 1.56 bits per heavy atom. The molecule has 1 saturated heterocycles. The van der Waals surface area contributed by atoms with Crippen LogP contribution in [0.3, 0.4) is 0 Å². The molecule has 0 aliphatic carbocycles. The standard InChI is InChI=1S/C23H23N3O5S/c27-22(20-9-4-5-15-26(20)32(29,30)19-7-2-1-3-8-19)24-17-11-13-18(14-12-17)25-23(28)21-10-6-16-31-21/h1-3,6-8,10-14,16,20H,4-5,9,15H2,(H,24,27)(H,25,28). The van der Waals surface area contributed by atoms with Gasteiger partial charge in [-0.15, -0.1) is 0 Å². The zero-order valence-electron chi connectivity index (χ0n) is 17.2. The summed E-state index contributed by atoms with van der Waals surface area (Å²) < 4.78 is 32.5. The van der Waals surface area contributed by atoms with E-state index in [1.165, 1.54) is 22.7 Å². The average molecular weight is 454 g/mol. The van der Waals surface area contributed by atoms with E-state index in [4.69, 9.17) is 4.42 Å². The van der Waals surface area contributed by atoms with E-state index in [1.807, 2.05) is 0 Å². The van der Waals surface area contributed by atoms with Gasteiger partial charge < -0.3 is 15.1 Å². The fourth-order valence-electron chi connectivity index (χ4n) is 3.65. The van der Waals surface area contributed by atoms with Crippen LogP contribution in [0, 0.1) is 0 Å². The molecule has 9 heteroatoms. The summed E-state index contributed by atoms with van der Waals surface area (Å²) in [7, 11) is -3.77. The molecule has 0 saturated carbocycles. The van der Waals surface area contributed by atoms with E-state index in [0.29, 0.717) is 30.8 Å². The van der Waals surface area contributed by atoms with Gasteiger partial charge in [-0.1, -0.05) is 24.6 Å². The fourth-order valence-corrected chi connectivity index (χ4v) is 5.32. The van der Waals surface area contributed by atoms with Gasteiger partial charge >= 0.3 is 0 Å². The first-order valence-corrected chi connectivity index (χ1v) is 11.7. The molecule has 2 N–H and O–H groups in total. The number of hydrogen-bond donors (Lipinski definition) is 2. The van der Waals surface area contributed by atoms with Gasteiger partial charge in [-0.3, -0.25) is 9.59 Å². The Morgan fingerprint density at radius 3 is 2.22 bits per heavy atom. The highest BCUT2D eigenvalue weighted by Gasteiger charge is 2.37. The SMILES string of the molecule is O=C(Nc1ccc(NC(=O)C2CCCCN2S(=O)(=O)c2ccccc2)cc1)c1ccco1. The van der Waals surface area contributed by atoms with Gasteiger partial charge in [0.25, 0.3) is 5.91 Å². The lowest BCUT2D eigenvalue weighted by molar-refractivity contribution is -0.120. The van der Waals surface area contributed by atoms with Crippen LogP contribution in [0.15, 0.2) is 82.3 Å². The maximum absolute atomic E-state index is 13.1. The lowest BCUT2D eigenvalue weighted by Gasteiger charge is -2.33. The molecule has 2 heterocycles. The Hall–Kier alpha value is -3.43. The molecule has 0 spiro atoms. The highest BCUT2D eigenvalue weighted by atomic mass is 32.2. The third kappa shape index (κ3) is 4.74. The van der Waals surface area contributed by atoms with Crippen molar-refractivity contribution < 1.29 is 22.4 Å². The van der Waals surface area contributed by atoms with E-state index in [1.54, 1.807) is 54.6 Å². The van der Waals surface area contributed by atoms with Crippen LogP contribution >= 0.6 is 0 Å². The van der Waals surface area contributed by atoms with Crippen molar-refractivity contribution in [2.75, 3.05) is 17.2 Å². The van der Waals surface area contributed by atoms with Crippen molar-refractivity contribution >= 4 is 33.2 Å². The second-order valence-electron chi connectivity index (χ2n) is 7.44. The van der Waals surface area contributed by atoms with Crippen LogP contribution in [0.25, 0.3) is 0 Å². The fraction of sp³-hybridized carbons (Fsp3) is 0.217. The number of carbonyl (C=O) groups is 2. The first kappa shape index (κ1) is 21.8. The molecule has 32 heavy (non-hydrogen) atoms. The van der Waals surface area contributed by atoms with E-state index < -0.39 is 16.1 Å². The first-order valence-electron chi connectivity index (χ1n) is 10.3. The third-order valence-corrected chi connectivity index (χ3v) is 7.18. The van der Waals surface area contributed by atoms with Crippen LogP contribution in [0.5, 0.6) is 0 Å². The number of sulfonamides is 1. The highest BCUT2D eigenvalue weighted by Crippen LogP contribution is 2.26. The van der Waals surface area contributed by atoms with E-state index in [2.05, 4.69) is 10.6 Å². The second kappa shape index (κ2) is 9.37. The predicted molar refractivity (Wildman–Crippen MR) is 120 cm³/mol. The summed E-state index contributed by atoms with van der Waals surface area (Å²) >= 11 is 0. The van der Waals surface area contributed by atoms with Crippen molar-refractivity contribution in [1.29, 1.82) is 0 Å². The number of nitrogens with zero attached hydrogens (tertiary/aromatic N) is 1. The van der Waals surface area contributed by atoms with Crippen LogP contribution in [0.4, 0.5) is 11.4 Å². The monoisotopic (exact) mass is 453 g/mol. The van der Waals surface area contributed by atoms with Crippen molar-refractivity contribution in [1.82, 2.24) is 4.31 Å². The van der Waals surface area contributed by atoms with Crippen LogP contribution in [0.1, 0.15) is 29.8 Å². The van der Waals surface area contributed by atoms with Crippen LogP contribution in [-0.4, -0.2) is 37.1 Å². The molecule has 3 aromatic rings. The Labute approximate surface area is 186 Å². The molecule has 0 radical (unpaired) electrons. The zero-order chi connectivity index (χ0) is 22.6. The van der Waals surface area contributed by atoms with Crippen LogP contribution < -0.4 is 10.6 Å². The normalized spacial score (nSPS) is 16.9. The molecule has 0 bridgehead atoms. The average Bonchev–Trinajstić information content (AvgIpc) is 3.36. The zero-order valence-corrected chi connectivity index (χ0v) is 18.0. The Morgan fingerprint density at radius 1 is 0.875 bits per heavy atom. The van der Waals surface area contributed by atoms with Crippen molar-refractivity contribution in [3.63, 3.8) is 0 Å². The van der Waals surface area contributed by atoms with E-state index in [-0.39, 0.29) is 22.5 Å². The molecule has 2 amide bonds. The Bertz CT molecular complexity index is 1180. The summed E-state index contributed by atoms with van der Waals surface area (Å²) in [5.41, 5.74) is 1.05. The lowest BCUT2D eigenvalue weighted by Crippen LogP contribution is -2.49. The summed E-state index contributed by atoms with van der Waals surface area (Å²) in [6.07, 6.45) is 3.35. The molecule has 8 nitrogen and oxygen atoms in total. The minimum Gasteiger partial charge on any atom is -0.459 e. The van der Waals surface area contributed by atoms with E-state index >= 15 is 0 Å². The molecule has 166 valence electrons. The molecule has 1 aromatic heterocycles. The van der Waals surface area contributed by atoms with Crippen molar-refractivity contribution in [2.24, 2.45) is 0 Å². The number of anilines is 2. The van der Waals surface area contributed by atoms with Gasteiger partial charge in [0.15, 0.2) is 5.76 Å². The summed E-state index contributed by atoms with van der Waals surface area (Å²) in [5.74, 6) is -0.563.